The van der Waals surface area contributed by atoms with Crippen LogP contribution in [0.2, 0.25) is 0 Å². The van der Waals surface area contributed by atoms with Crippen LogP contribution in [0.15, 0.2) is 53.0 Å². The van der Waals surface area contributed by atoms with E-state index in [1.807, 2.05) is 18.2 Å². The Morgan fingerprint density at radius 2 is 1.68 bits per heavy atom. The Bertz CT molecular complexity index is 1110. The molecule has 3 rings (SSSR count). The van der Waals surface area contributed by atoms with Crippen LogP contribution < -0.4 is 5.32 Å². The van der Waals surface area contributed by atoms with Crippen molar-refractivity contribution >= 4 is 35.4 Å². The maximum Gasteiger partial charge on any atom is 0.413 e. The number of carbonyl (C=O) groups excluding carboxylic acids is 2. The van der Waals surface area contributed by atoms with E-state index in [2.05, 4.69) is 10.3 Å². The number of amides is 1. The van der Waals surface area contributed by atoms with E-state index >= 15 is 0 Å². The van der Waals surface area contributed by atoms with Crippen molar-refractivity contribution in [2.75, 3.05) is 0 Å². The fraction of sp³-hybridized carbons (Fsp3) is 0.250. The number of nitrogens with zero attached hydrogens (tertiary/aromatic N) is 1. The quantitative estimate of drug-likeness (QED) is 0.728. The zero-order chi connectivity index (χ0) is 22.8. The van der Waals surface area contributed by atoms with Crippen LogP contribution in [0.4, 0.5) is 10.5 Å². The van der Waals surface area contributed by atoms with Crippen molar-refractivity contribution < 1.29 is 24.2 Å². The van der Waals surface area contributed by atoms with E-state index in [9.17, 15) is 14.4 Å². The molecular formula is C24H24N2O5. The number of alkyl carbamates (subject to hydrolysis) is 1. The molecule has 1 aliphatic rings. The molecule has 1 heterocycles. The summed E-state index contributed by atoms with van der Waals surface area (Å²) in [6.07, 6.45) is 1.30. The number of hydrogen-bond acceptors (Lipinski definition) is 5. The number of carbonyl (C=O) groups is 3. The number of nitrogens with one attached hydrogen (secondary N) is 1. The molecule has 7 heteroatoms. The van der Waals surface area contributed by atoms with Gasteiger partial charge in [0.15, 0.2) is 5.78 Å². The summed E-state index contributed by atoms with van der Waals surface area (Å²) in [6.45, 7) is 6.76. The standard InChI is InChI=1S/C24H24N2O5/c1-14(27)19-11-18-10-9-17(15-5-7-16(8-6-15)22(28)29)12-20(18)25-21(13-19)26-23(30)31-24(2,3)4/h5-12H,13H2,1-4H3,(H,28,29)(H,25,26,30). The first-order valence-electron chi connectivity index (χ1n) is 9.79. The van der Waals surface area contributed by atoms with Gasteiger partial charge >= 0.3 is 12.1 Å². The Labute approximate surface area is 180 Å². The van der Waals surface area contributed by atoms with Crippen LogP contribution >= 0.6 is 0 Å². The van der Waals surface area contributed by atoms with Crippen molar-refractivity contribution in [2.24, 2.45) is 4.99 Å². The van der Waals surface area contributed by atoms with Gasteiger partial charge in [-0.15, -0.1) is 0 Å². The second-order valence-corrected chi connectivity index (χ2v) is 8.24. The van der Waals surface area contributed by atoms with Crippen molar-refractivity contribution in [2.45, 2.75) is 39.7 Å². The summed E-state index contributed by atoms with van der Waals surface area (Å²) in [5.74, 6) is -0.787. The zero-order valence-corrected chi connectivity index (χ0v) is 17.9. The van der Waals surface area contributed by atoms with Crippen molar-refractivity contribution in [3.63, 3.8) is 0 Å². The summed E-state index contributed by atoms with van der Waals surface area (Å²) in [5.41, 5.74) is 3.04. The number of ketones is 1. The molecule has 0 spiro atoms. The van der Waals surface area contributed by atoms with Crippen LogP contribution in [0.25, 0.3) is 17.2 Å². The molecule has 0 radical (unpaired) electrons. The highest BCUT2D eigenvalue weighted by atomic mass is 16.6. The summed E-state index contributed by atoms with van der Waals surface area (Å²) in [6, 6.07) is 12.1. The molecule has 2 aromatic rings. The molecule has 0 unspecified atom stereocenters. The average molecular weight is 420 g/mol. The molecule has 1 amide bonds. The smallest absolute Gasteiger partial charge is 0.413 e. The van der Waals surface area contributed by atoms with E-state index in [0.717, 1.165) is 16.7 Å². The van der Waals surface area contributed by atoms with Crippen LogP contribution in [-0.4, -0.2) is 34.4 Å². The summed E-state index contributed by atoms with van der Waals surface area (Å²) >= 11 is 0. The molecule has 0 fully saturated rings. The first kappa shape index (κ1) is 22.0. The van der Waals surface area contributed by atoms with Crippen LogP contribution in [0.3, 0.4) is 0 Å². The second-order valence-electron chi connectivity index (χ2n) is 8.24. The van der Waals surface area contributed by atoms with E-state index in [1.165, 1.54) is 19.1 Å². The van der Waals surface area contributed by atoms with Gasteiger partial charge < -0.3 is 9.84 Å². The Balaban J connectivity index is 1.99. The summed E-state index contributed by atoms with van der Waals surface area (Å²) in [4.78, 5) is 40.0. The SMILES string of the molecule is CC(=O)C1=Cc2ccc(-c3ccc(C(=O)O)cc3)cc2N=C(NC(=O)OC(C)(C)C)C1. The third-order valence-electron chi connectivity index (χ3n) is 4.54. The number of fused-ring (bicyclic) bond motifs is 1. The molecule has 0 aliphatic carbocycles. The normalized spacial score (nSPS) is 13.3. The van der Waals surface area contributed by atoms with E-state index in [4.69, 9.17) is 9.84 Å². The third kappa shape index (κ3) is 5.66. The van der Waals surface area contributed by atoms with Gasteiger partial charge in [0.2, 0.25) is 0 Å². The van der Waals surface area contributed by atoms with Gasteiger partial charge in [0.25, 0.3) is 0 Å². The number of rotatable bonds is 3. The van der Waals surface area contributed by atoms with E-state index in [0.29, 0.717) is 17.1 Å². The Hall–Kier alpha value is -3.74. The minimum Gasteiger partial charge on any atom is -0.478 e. The van der Waals surface area contributed by atoms with Crippen LogP contribution in [-0.2, 0) is 9.53 Å². The fourth-order valence-corrected chi connectivity index (χ4v) is 3.07. The number of ether oxygens (including phenoxy) is 1. The Morgan fingerprint density at radius 1 is 1.03 bits per heavy atom. The largest absolute Gasteiger partial charge is 0.478 e. The van der Waals surface area contributed by atoms with Gasteiger partial charge in [0.1, 0.15) is 11.4 Å². The molecule has 0 saturated carbocycles. The van der Waals surface area contributed by atoms with Crippen LogP contribution in [0.1, 0.15) is 50.0 Å². The maximum absolute atomic E-state index is 12.2. The molecule has 2 aromatic carbocycles. The van der Waals surface area contributed by atoms with Gasteiger partial charge in [-0.1, -0.05) is 24.3 Å². The molecule has 0 saturated heterocycles. The van der Waals surface area contributed by atoms with Gasteiger partial charge in [-0.25, -0.2) is 14.6 Å². The van der Waals surface area contributed by atoms with Crippen LogP contribution in [0.5, 0.6) is 0 Å². The highest BCUT2D eigenvalue weighted by molar-refractivity contribution is 6.08. The molecule has 31 heavy (non-hydrogen) atoms. The molecule has 0 aromatic heterocycles. The van der Waals surface area contributed by atoms with Gasteiger partial charge in [0.05, 0.1) is 11.3 Å². The number of carboxylic acids is 1. The lowest BCUT2D eigenvalue weighted by Gasteiger charge is -2.20. The summed E-state index contributed by atoms with van der Waals surface area (Å²) in [5, 5.41) is 11.7. The highest BCUT2D eigenvalue weighted by Crippen LogP contribution is 2.32. The highest BCUT2D eigenvalue weighted by Gasteiger charge is 2.21. The van der Waals surface area contributed by atoms with Gasteiger partial charge in [-0.3, -0.25) is 10.1 Å². The molecule has 0 atom stereocenters. The van der Waals surface area contributed by atoms with Gasteiger partial charge in [-0.05, 0) is 63.1 Å². The number of carboxylic acid groups (broad SMARTS) is 1. The van der Waals surface area contributed by atoms with Crippen LogP contribution in [0, 0.1) is 0 Å². The van der Waals surface area contributed by atoms with E-state index < -0.39 is 17.7 Å². The van der Waals surface area contributed by atoms with Crippen molar-refractivity contribution in [1.82, 2.24) is 5.32 Å². The topological polar surface area (TPSA) is 105 Å². The monoisotopic (exact) mass is 420 g/mol. The molecule has 0 bridgehead atoms. The van der Waals surface area contributed by atoms with Crippen molar-refractivity contribution in [3.05, 3.63) is 59.2 Å². The van der Waals surface area contributed by atoms with Crippen molar-refractivity contribution in [3.8, 4) is 11.1 Å². The Morgan fingerprint density at radius 3 is 2.26 bits per heavy atom. The number of benzene rings is 2. The minimum atomic E-state index is -0.988. The predicted octanol–water partition coefficient (Wildman–Crippen LogP) is 4.98. The molecule has 1 aliphatic heterocycles. The second kappa shape index (κ2) is 8.55. The first-order valence-corrected chi connectivity index (χ1v) is 9.79. The molecular weight excluding hydrogens is 396 g/mol. The lowest BCUT2D eigenvalue weighted by atomic mass is 9.99. The fourth-order valence-electron chi connectivity index (χ4n) is 3.07. The predicted molar refractivity (Wildman–Crippen MR) is 119 cm³/mol. The average Bonchev–Trinajstić information content (AvgIpc) is 2.85. The lowest BCUT2D eigenvalue weighted by Crippen LogP contribution is -2.36. The summed E-state index contributed by atoms with van der Waals surface area (Å²) in [7, 11) is 0. The minimum absolute atomic E-state index is 0.111. The van der Waals surface area contributed by atoms with E-state index in [1.54, 1.807) is 39.0 Å². The number of Topliss-reactive ketones (excluding diaryl/α,β-unsaturated/α-hetero) is 1. The van der Waals surface area contributed by atoms with E-state index in [-0.39, 0.29) is 17.8 Å². The molecule has 160 valence electrons. The van der Waals surface area contributed by atoms with Gasteiger partial charge in [0, 0.05) is 17.6 Å². The summed E-state index contributed by atoms with van der Waals surface area (Å²) < 4.78 is 5.31. The number of hydrogen-bond donors (Lipinski definition) is 2. The number of aliphatic imine (C=N–C) groups is 1. The number of amidine groups is 1. The molecule has 2 N–H and O–H groups in total. The third-order valence-corrected chi connectivity index (χ3v) is 4.54. The maximum atomic E-state index is 12.2. The molecule has 7 nitrogen and oxygen atoms in total. The zero-order valence-electron chi connectivity index (χ0n) is 17.9. The van der Waals surface area contributed by atoms with Crippen molar-refractivity contribution in [1.29, 1.82) is 0 Å². The first-order chi connectivity index (χ1) is 14.5. The lowest BCUT2D eigenvalue weighted by molar-refractivity contribution is -0.113. The number of aromatic carboxylic acids is 1. The van der Waals surface area contributed by atoms with Gasteiger partial charge in [-0.2, -0.15) is 0 Å². The Kier molecular flexibility index (Phi) is 6.06.